The highest BCUT2D eigenvalue weighted by molar-refractivity contribution is 9.10. The molecule has 0 heterocycles. The van der Waals surface area contributed by atoms with Crippen molar-refractivity contribution in [2.75, 3.05) is 12.4 Å². The Morgan fingerprint density at radius 3 is 2.52 bits per heavy atom. The fourth-order valence-electron chi connectivity index (χ4n) is 2.75. The number of carbonyl (C=O) groups is 2. The van der Waals surface area contributed by atoms with Crippen LogP contribution in [-0.2, 0) is 0 Å². The lowest BCUT2D eigenvalue weighted by Gasteiger charge is -2.15. The van der Waals surface area contributed by atoms with E-state index < -0.39 is 11.9 Å². The van der Waals surface area contributed by atoms with Gasteiger partial charge in [-0.25, -0.2) is 4.79 Å². The number of thiocarbonyl (C=S) groups is 1. The molecule has 0 aromatic heterocycles. The van der Waals surface area contributed by atoms with Crippen LogP contribution < -0.4 is 15.4 Å². The van der Waals surface area contributed by atoms with Crippen LogP contribution >= 0.6 is 39.7 Å². The fraction of sp³-hybridized carbons (Fsp3) is 0.0500. The number of methoxy groups -OCH3 is 1. The van der Waals surface area contributed by atoms with Gasteiger partial charge in [0.2, 0.25) is 0 Å². The molecule has 0 bridgehead atoms. The first-order valence-electron chi connectivity index (χ1n) is 8.22. The van der Waals surface area contributed by atoms with Crippen LogP contribution in [0.4, 0.5) is 5.69 Å². The van der Waals surface area contributed by atoms with Crippen molar-refractivity contribution in [2.45, 2.75) is 0 Å². The number of ether oxygens (including phenoxy) is 1. The van der Waals surface area contributed by atoms with Gasteiger partial charge in [-0.05, 0) is 63.2 Å². The van der Waals surface area contributed by atoms with E-state index in [0.717, 1.165) is 10.8 Å². The van der Waals surface area contributed by atoms with E-state index in [0.29, 0.717) is 21.5 Å². The molecule has 148 valence electrons. The first-order chi connectivity index (χ1) is 13.8. The normalized spacial score (nSPS) is 10.4. The summed E-state index contributed by atoms with van der Waals surface area (Å²) in [7, 11) is 1.48. The molecule has 3 aromatic rings. The van der Waals surface area contributed by atoms with E-state index in [9.17, 15) is 9.59 Å². The van der Waals surface area contributed by atoms with E-state index in [1.165, 1.54) is 25.3 Å². The van der Waals surface area contributed by atoms with Crippen LogP contribution in [0, 0.1) is 0 Å². The van der Waals surface area contributed by atoms with Crippen LogP contribution in [0.2, 0.25) is 5.02 Å². The van der Waals surface area contributed by atoms with Crippen LogP contribution in [0.1, 0.15) is 20.7 Å². The molecule has 6 nitrogen and oxygen atoms in total. The largest absolute Gasteiger partial charge is 0.495 e. The molecule has 3 N–H and O–H groups in total. The molecule has 0 spiro atoms. The quantitative estimate of drug-likeness (QED) is 0.439. The van der Waals surface area contributed by atoms with E-state index in [4.69, 9.17) is 33.7 Å². The van der Waals surface area contributed by atoms with E-state index in [2.05, 4.69) is 26.6 Å². The van der Waals surface area contributed by atoms with Crippen LogP contribution in [-0.4, -0.2) is 29.2 Å². The second kappa shape index (κ2) is 8.77. The number of carboxylic acid groups (broad SMARTS) is 1. The molecule has 0 saturated heterocycles. The van der Waals surface area contributed by atoms with Gasteiger partial charge in [-0.15, -0.1) is 0 Å². The van der Waals surface area contributed by atoms with Crippen molar-refractivity contribution in [3.8, 4) is 5.75 Å². The molecule has 0 unspecified atom stereocenters. The molecular formula is C20H14BrClN2O4S. The Kier molecular flexibility index (Phi) is 6.36. The van der Waals surface area contributed by atoms with Crippen molar-refractivity contribution < 1.29 is 19.4 Å². The smallest absolute Gasteiger partial charge is 0.337 e. The van der Waals surface area contributed by atoms with Crippen LogP contribution in [0.3, 0.4) is 0 Å². The summed E-state index contributed by atoms with van der Waals surface area (Å²) in [5, 5.41) is 16.3. The number of carboxylic acids is 1. The first-order valence-corrected chi connectivity index (χ1v) is 9.80. The maximum atomic E-state index is 12.8. The lowest BCUT2D eigenvalue weighted by atomic mass is 10.1. The molecule has 0 fully saturated rings. The summed E-state index contributed by atoms with van der Waals surface area (Å²) < 4.78 is 6.08. The number of carbonyl (C=O) groups excluding carboxylic acids is 1. The highest BCUT2D eigenvalue weighted by Gasteiger charge is 2.19. The highest BCUT2D eigenvalue weighted by Crippen LogP contribution is 2.36. The average Bonchev–Trinajstić information content (AvgIpc) is 2.67. The van der Waals surface area contributed by atoms with Gasteiger partial charge in [0, 0.05) is 5.69 Å². The first kappa shape index (κ1) is 21.0. The minimum absolute atomic E-state index is 0.0282. The Labute approximate surface area is 184 Å². The molecule has 0 aliphatic rings. The maximum Gasteiger partial charge on any atom is 0.337 e. The summed E-state index contributed by atoms with van der Waals surface area (Å²) in [4.78, 5) is 23.8. The topological polar surface area (TPSA) is 87.7 Å². The zero-order valence-corrected chi connectivity index (χ0v) is 18.1. The molecule has 1 amide bonds. The number of hydrogen-bond acceptors (Lipinski definition) is 4. The van der Waals surface area contributed by atoms with Crippen LogP contribution in [0.15, 0.2) is 53.0 Å². The molecule has 9 heteroatoms. The molecule has 0 aliphatic heterocycles. The van der Waals surface area contributed by atoms with Gasteiger partial charge in [-0.3, -0.25) is 10.1 Å². The molecule has 0 aliphatic carbocycles. The third-order valence-corrected chi connectivity index (χ3v) is 5.38. The predicted octanol–water partition coefficient (Wildman–Crippen LogP) is 5.09. The van der Waals surface area contributed by atoms with E-state index in [1.807, 2.05) is 24.3 Å². The molecule has 0 saturated carbocycles. The zero-order valence-electron chi connectivity index (χ0n) is 15.0. The minimum atomic E-state index is -1.13. The van der Waals surface area contributed by atoms with Gasteiger partial charge < -0.3 is 15.2 Å². The van der Waals surface area contributed by atoms with E-state index >= 15 is 0 Å². The zero-order chi connectivity index (χ0) is 21.1. The summed E-state index contributed by atoms with van der Waals surface area (Å²) in [5.74, 6) is -1.21. The number of anilines is 1. The van der Waals surface area contributed by atoms with Gasteiger partial charge in [0.25, 0.3) is 5.91 Å². The molecule has 0 atom stereocenters. The lowest BCUT2D eigenvalue weighted by Crippen LogP contribution is -2.34. The van der Waals surface area contributed by atoms with Crippen molar-refractivity contribution in [3.63, 3.8) is 0 Å². The lowest BCUT2D eigenvalue weighted by molar-refractivity contribution is 0.0697. The number of benzene rings is 3. The average molecular weight is 494 g/mol. The Morgan fingerprint density at radius 2 is 1.86 bits per heavy atom. The van der Waals surface area contributed by atoms with E-state index in [1.54, 1.807) is 6.07 Å². The fourth-order valence-corrected chi connectivity index (χ4v) is 3.96. The van der Waals surface area contributed by atoms with Gasteiger partial charge >= 0.3 is 5.97 Å². The minimum Gasteiger partial charge on any atom is -0.495 e. The van der Waals surface area contributed by atoms with Gasteiger partial charge in [0.1, 0.15) is 5.75 Å². The second-order valence-electron chi connectivity index (χ2n) is 5.90. The summed E-state index contributed by atoms with van der Waals surface area (Å²) in [6.07, 6.45) is 0. The van der Waals surface area contributed by atoms with Gasteiger partial charge in [-0.1, -0.05) is 35.9 Å². The standard InChI is InChI=1S/C20H14BrClN2O4S/c1-28-17-14(8-10-4-2-3-5-12(10)16(17)21)18(25)24-20(29)23-11-6-7-13(19(26)27)15(22)9-11/h2-9H,1H3,(H,26,27)(H2,23,24,25,29). The van der Waals surface area contributed by atoms with Gasteiger partial charge in [0.05, 0.1) is 27.7 Å². The summed E-state index contributed by atoms with van der Waals surface area (Å²) in [6.45, 7) is 0. The Morgan fingerprint density at radius 1 is 1.14 bits per heavy atom. The number of rotatable bonds is 4. The SMILES string of the molecule is COc1c(C(=O)NC(=S)Nc2ccc(C(=O)O)c(Cl)c2)cc2ccccc2c1Br. The summed E-state index contributed by atoms with van der Waals surface area (Å²) in [6, 6.07) is 13.6. The van der Waals surface area contributed by atoms with Crippen molar-refractivity contribution in [1.29, 1.82) is 0 Å². The Balaban J connectivity index is 1.82. The third-order valence-electron chi connectivity index (χ3n) is 4.07. The van der Waals surface area contributed by atoms with Gasteiger partial charge in [0.15, 0.2) is 5.11 Å². The van der Waals surface area contributed by atoms with Crippen molar-refractivity contribution in [1.82, 2.24) is 5.32 Å². The maximum absolute atomic E-state index is 12.8. The van der Waals surface area contributed by atoms with Crippen LogP contribution in [0.25, 0.3) is 10.8 Å². The number of aromatic carboxylic acids is 1. The number of nitrogens with one attached hydrogen (secondary N) is 2. The number of amides is 1. The second-order valence-corrected chi connectivity index (χ2v) is 7.51. The molecule has 0 radical (unpaired) electrons. The highest BCUT2D eigenvalue weighted by atomic mass is 79.9. The molecular weight excluding hydrogens is 480 g/mol. The van der Waals surface area contributed by atoms with Crippen molar-refractivity contribution in [2.24, 2.45) is 0 Å². The monoisotopic (exact) mass is 492 g/mol. The third kappa shape index (κ3) is 4.50. The number of hydrogen-bond donors (Lipinski definition) is 3. The number of halogens is 2. The summed E-state index contributed by atoms with van der Waals surface area (Å²) >= 11 is 14.6. The van der Waals surface area contributed by atoms with Gasteiger partial charge in [-0.2, -0.15) is 0 Å². The molecule has 3 aromatic carbocycles. The van der Waals surface area contributed by atoms with Crippen LogP contribution in [0.5, 0.6) is 5.75 Å². The Hall–Kier alpha value is -2.68. The molecule has 29 heavy (non-hydrogen) atoms. The van der Waals surface area contributed by atoms with E-state index in [-0.39, 0.29) is 15.7 Å². The van der Waals surface area contributed by atoms with Crippen molar-refractivity contribution >= 4 is 73.2 Å². The molecule has 3 rings (SSSR count). The van der Waals surface area contributed by atoms with Crippen molar-refractivity contribution in [3.05, 3.63) is 69.2 Å². The summed E-state index contributed by atoms with van der Waals surface area (Å²) in [5.41, 5.74) is 0.719. The Bertz CT molecular complexity index is 1150. The predicted molar refractivity (Wildman–Crippen MR) is 120 cm³/mol. The number of fused-ring (bicyclic) bond motifs is 1.